The van der Waals surface area contributed by atoms with Gasteiger partial charge in [0.1, 0.15) is 23.2 Å². The molecule has 4 N–H and O–H groups in total. The first-order chi connectivity index (χ1) is 18.7. The molecule has 0 aromatic carbocycles. The number of pyridine rings is 1. The monoisotopic (exact) mass is 537 g/mol. The fourth-order valence-corrected chi connectivity index (χ4v) is 5.29. The number of carbonyl (C=O) groups excluding carboxylic acids is 1. The summed E-state index contributed by atoms with van der Waals surface area (Å²) in [6, 6.07) is 4.30. The van der Waals surface area contributed by atoms with Gasteiger partial charge in [-0.05, 0) is 37.8 Å². The molecule has 0 spiro atoms. The standard InChI is InChI=1S/C25H22F3N9O2/c26-25(27,28)24(6-1-7-24)17-10-18(35-39-17)34-23(38)33-15-4-5-16(36-9-8-30-21(15)36)14-11-37(13-2-3-13)22-19(14)20(29)31-12-32-22/h4-5,8-13H,1-3,6-7H2,(H2,29,31,32)(H2,33,34,35,38). The zero-order valence-corrected chi connectivity index (χ0v) is 20.4. The Morgan fingerprint density at radius 2 is 1.95 bits per heavy atom. The lowest BCUT2D eigenvalue weighted by Gasteiger charge is -2.40. The minimum atomic E-state index is -4.46. The Morgan fingerprint density at radius 3 is 2.67 bits per heavy atom. The number of nitrogens with zero attached hydrogens (tertiary/aromatic N) is 6. The van der Waals surface area contributed by atoms with Crippen LogP contribution in [0.3, 0.4) is 0 Å². The quantitative estimate of drug-likeness (QED) is 0.277. The molecule has 2 aliphatic carbocycles. The normalized spacial score (nSPS) is 16.9. The number of imidazole rings is 1. The summed E-state index contributed by atoms with van der Waals surface area (Å²) < 4.78 is 49.8. The topological polar surface area (TPSA) is 141 Å². The number of amides is 2. The van der Waals surface area contributed by atoms with Crippen molar-refractivity contribution in [3.05, 3.63) is 48.9 Å². The lowest BCUT2D eigenvalue weighted by atomic mass is 9.66. The zero-order valence-electron chi connectivity index (χ0n) is 20.4. The Balaban J connectivity index is 1.17. The molecule has 0 unspecified atom stereocenters. The minimum Gasteiger partial charge on any atom is -0.383 e. The molecule has 0 saturated heterocycles. The molecule has 2 fully saturated rings. The number of urea groups is 1. The van der Waals surface area contributed by atoms with Crippen LogP contribution < -0.4 is 16.4 Å². The molecule has 0 aliphatic heterocycles. The number of halogens is 3. The lowest BCUT2D eigenvalue weighted by molar-refractivity contribution is -0.218. The molecule has 5 aromatic rings. The minimum absolute atomic E-state index is 0.0708. The highest BCUT2D eigenvalue weighted by Gasteiger charge is 2.61. The van der Waals surface area contributed by atoms with E-state index in [2.05, 4.69) is 35.3 Å². The molecular weight excluding hydrogens is 515 g/mol. The largest absolute Gasteiger partial charge is 0.401 e. The molecule has 14 heteroatoms. The molecule has 200 valence electrons. The van der Waals surface area contributed by atoms with Crippen molar-refractivity contribution in [2.45, 2.75) is 49.7 Å². The first-order valence-corrected chi connectivity index (χ1v) is 12.4. The van der Waals surface area contributed by atoms with Crippen LogP contribution in [0.1, 0.15) is 43.9 Å². The summed E-state index contributed by atoms with van der Waals surface area (Å²) >= 11 is 0. The van der Waals surface area contributed by atoms with Crippen molar-refractivity contribution in [3.8, 4) is 11.3 Å². The van der Waals surface area contributed by atoms with Crippen molar-refractivity contribution < 1.29 is 22.5 Å². The van der Waals surface area contributed by atoms with E-state index in [1.807, 2.05) is 16.7 Å². The van der Waals surface area contributed by atoms with Crippen molar-refractivity contribution in [1.29, 1.82) is 0 Å². The summed E-state index contributed by atoms with van der Waals surface area (Å²) in [5, 5.41) is 9.51. The van der Waals surface area contributed by atoms with E-state index in [1.54, 1.807) is 18.5 Å². The van der Waals surface area contributed by atoms with Gasteiger partial charge >= 0.3 is 12.2 Å². The highest BCUT2D eigenvalue weighted by molar-refractivity contribution is 6.03. The maximum Gasteiger partial charge on any atom is 0.401 e. The van der Waals surface area contributed by atoms with Crippen LogP contribution in [0.25, 0.3) is 27.9 Å². The summed E-state index contributed by atoms with van der Waals surface area (Å²) in [6.07, 6.45) is 4.79. The molecule has 0 bridgehead atoms. The molecule has 39 heavy (non-hydrogen) atoms. The van der Waals surface area contributed by atoms with Gasteiger partial charge in [-0.15, -0.1) is 0 Å². The van der Waals surface area contributed by atoms with Crippen molar-refractivity contribution in [2.75, 3.05) is 16.4 Å². The highest BCUT2D eigenvalue weighted by Crippen LogP contribution is 2.54. The number of hydrogen-bond acceptors (Lipinski definition) is 7. The average molecular weight is 538 g/mol. The Labute approximate surface area is 218 Å². The Hall–Kier alpha value is -4.62. The van der Waals surface area contributed by atoms with E-state index < -0.39 is 17.6 Å². The lowest BCUT2D eigenvalue weighted by Crippen LogP contribution is -2.47. The third-order valence-electron chi connectivity index (χ3n) is 7.63. The molecule has 5 heterocycles. The second kappa shape index (κ2) is 8.19. The number of fused-ring (bicyclic) bond motifs is 2. The fourth-order valence-electron chi connectivity index (χ4n) is 5.29. The molecule has 2 amide bonds. The number of anilines is 3. The predicted molar refractivity (Wildman–Crippen MR) is 135 cm³/mol. The number of nitrogens with one attached hydrogen (secondary N) is 2. The van der Waals surface area contributed by atoms with Crippen molar-refractivity contribution >= 4 is 40.0 Å². The van der Waals surface area contributed by atoms with Gasteiger partial charge < -0.3 is 20.1 Å². The second-order valence-corrected chi connectivity index (χ2v) is 9.98. The van der Waals surface area contributed by atoms with Crippen LogP contribution in [-0.2, 0) is 5.41 Å². The zero-order chi connectivity index (χ0) is 26.9. The molecule has 5 aromatic heterocycles. The SMILES string of the molecule is Nc1ncnc2c1c(-c1ccc(NC(=O)Nc3cc(C4(C(F)(F)F)CCC4)on3)c3nccn13)cn2C1CC1. The first-order valence-electron chi connectivity index (χ1n) is 12.4. The number of hydrogen-bond donors (Lipinski definition) is 3. The maximum absolute atomic E-state index is 13.6. The number of aromatic nitrogens is 6. The van der Waals surface area contributed by atoms with E-state index in [1.165, 1.54) is 6.33 Å². The number of nitrogen functional groups attached to an aromatic ring is 1. The number of alkyl halides is 3. The van der Waals surface area contributed by atoms with E-state index in [4.69, 9.17) is 10.3 Å². The Bertz CT molecular complexity index is 1740. The molecule has 2 saturated carbocycles. The molecular formula is C25H22F3N9O2. The molecule has 11 nitrogen and oxygen atoms in total. The third-order valence-corrected chi connectivity index (χ3v) is 7.63. The van der Waals surface area contributed by atoms with Crippen LogP contribution in [0.15, 0.2) is 47.6 Å². The highest BCUT2D eigenvalue weighted by atomic mass is 19.4. The van der Waals surface area contributed by atoms with Gasteiger partial charge in [0.25, 0.3) is 0 Å². The summed E-state index contributed by atoms with van der Waals surface area (Å²) in [6.45, 7) is 0. The van der Waals surface area contributed by atoms with Crippen molar-refractivity contribution in [3.63, 3.8) is 0 Å². The van der Waals surface area contributed by atoms with E-state index in [0.29, 0.717) is 29.6 Å². The van der Waals surface area contributed by atoms with Crippen molar-refractivity contribution in [1.82, 2.24) is 29.1 Å². The van der Waals surface area contributed by atoms with E-state index in [-0.39, 0.29) is 24.4 Å². The number of carbonyl (C=O) groups is 1. The van der Waals surface area contributed by atoms with Crippen LogP contribution in [0.2, 0.25) is 0 Å². The van der Waals surface area contributed by atoms with Gasteiger partial charge in [-0.3, -0.25) is 9.72 Å². The Morgan fingerprint density at radius 1 is 1.13 bits per heavy atom. The van der Waals surface area contributed by atoms with Crippen LogP contribution in [0.5, 0.6) is 0 Å². The summed E-state index contributed by atoms with van der Waals surface area (Å²) in [4.78, 5) is 25.8. The van der Waals surface area contributed by atoms with Gasteiger partial charge in [-0.2, -0.15) is 13.2 Å². The first kappa shape index (κ1) is 23.5. The third kappa shape index (κ3) is 3.61. The summed E-state index contributed by atoms with van der Waals surface area (Å²) in [7, 11) is 0. The van der Waals surface area contributed by atoms with E-state index in [0.717, 1.165) is 41.2 Å². The van der Waals surface area contributed by atoms with Crippen LogP contribution in [0.4, 0.5) is 35.3 Å². The smallest absolute Gasteiger partial charge is 0.383 e. The summed E-state index contributed by atoms with van der Waals surface area (Å²) in [5.74, 6) is -0.0482. The van der Waals surface area contributed by atoms with Gasteiger partial charge in [-0.1, -0.05) is 11.6 Å². The second-order valence-electron chi connectivity index (χ2n) is 9.98. The number of nitrogens with two attached hydrogens (primary N) is 1. The predicted octanol–water partition coefficient (Wildman–Crippen LogP) is 5.28. The molecule has 0 atom stereocenters. The van der Waals surface area contributed by atoms with Crippen LogP contribution in [0, 0.1) is 0 Å². The fraction of sp³-hybridized carbons (Fsp3) is 0.320. The van der Waals surface area contributed by atoms with E-state index in [9.17, 15) is 18.0 Å². The molecule has 0 radical (unpaired) electrons. The Kier molecular flexibility index (Phi) is 4.93. The van der Waals surface area contributed by atoms with Crippen LogP contribution >= 0.6 is 0 Å². The van der Waals surface area contributed by atoms with E-state index >= 15 is 0 Å². The number of rotatable bonds is 5. The van der Waals surface area contributed by atoms with Crippen molar-refractivity contribution in [2.24, 2.45) is 0 Å². The van der Waals surface area contributed by atoms with Gasteiger partial charge in [0.15, 0.2) is 17.2 Å². The maximum atomic E-state index is 13.6. The van der Waals surface area contributed by atoms with Gasteiger partial charge in [0.05, 0.1) is 16.8 Å². The molecule has 2 aliphatic rings. The van der Waals surface area contributed by atoms with Gasteiger partial charge in [-0.25, -0.2) is 19.7 Å². The van der Waals surface area contributed by atoms with Gasteiger partial charge in [0.2, 0.25) is 0 Å². The van der Waals surface area contributed by atoms with Gasteiger partial charge in [0, 0.05) is 36.3 Å². The average Bonchev–Trinajstić information content (AvgIpc) is 3.23. The summed E-state index contributed by atoms with van der Waals surface area (Å²) in [5.41, 5.74) is 7.41. The molecule has 7 rings (SSSR count). The van der Waals surface area contributed by atoms with Crippen LogP contribution in [-0.4, -0.2) is 41.3 Å².